The summed E-state index contributed by atoms with van der Waals surface area (Å²) in [6.45, 7) is 0. The second-order valence-corrected chi connectivity index (χ2v) is 3.98. The van der Waals surface area contributed by atoms with Crippen LogP contribution in [-0.2, 0) is 0 Å². The van der Waals surface area contributed by atoms with Gasteiger partial charge in [-0.15, -0.1) is 0 Å². The highest BCUT2D eigenvalue weighted by atomic mass is 16.2. The van der Waals surface area contributed by atoms with Crippen molar-refractivity contribution in [2.45, 2.75) is 18.9 Å². The smallest absolute Gasteiger partial charge is 0.253 e. The molecule has 1 aromatic rings. The molecule has 0 saturated heterocycles. The van der Waals surface area contributed by atoms with Gasteiger partial charge in [0.15, 0.2) is 0 Å². The van der Waals surface area contributed by atoms with Gasteiger partial charge in [-0.3, -0.25) is 4.79 Å². The van der Waals surface area contributed by atoms with E-state index in [4.69, 9.17) is 0 Å². The van der Waals surface area contributed by atoms with Gasteiger partial charge >= 0.3 is 0 Å². The van der Waals surface area contributed by atoms with Crippen LogP contribution in [0.1, 0.15) is 23.2 Å². The Morgan fingerprint density at radius 2 is 2.20 bits per heavy atom. The molecule has 1 aliphatic carbocycles. The topological polar surface area (TPSA) is 32.3 Å². The quantitative estimate of drug-likeness (QED) is 0.816. The van der Waals surface area contributed by atoms with E-state index in [0.29, 0.717) is 6.04 Å². The number of benzene rings is 1. The van der Waals surface area contributed by atoms with Crippen molar-refractivity contribution >= 4 is 11.6 Å². The SMILES string of the molecule is CNc1cccc(C(=O)N(C)C2CC2)c1. The second kappa shape index (κ2) is 3.93. The molecule has 3 heteroatoms. The zero-order valence-corrected chi connectivity index (χ0v) is 9.16. The number of carbonyl (C=O) groups is 1. The average Bonchev–Trinajstić information content (AvgIpc) is 3.11. The standard InChI is InChI=1S/C12H16N2O/c1-13-10-5-3-4-9(8-10)12(15)14(2)11-6-7-11/h3-5,8,11,13H,6-7H2,1-2H3. The van der Waals surface area contributed by atoms with Crippen molar-refractivity contribution in [2.24, 2.45) is 0 Å². The van der Waals surface area contributed by atoms with Crippen LogP contribution < -0.4 is 5.32 Å². The number of hydrogen-bond donors (Lipinski definition) is 1. The Hall–Kier alpha value is -1.51. The van der Waals surface area contributed by atoms with Crippen molar-refractivity contribution in [1.29, 1.82) is 0 Å². The molecule has 3 nitrogen and oxygen atoms in total. The molecule has 0 spiro atoms. The Kier molecular flexibility index (Phi) is 2.62. The summed E-state index contributed by atoms with van der Waals surface area (Å²) in [4.78, 5) is 13.8. The summed E-state index contributed by atoms with van der Waals surface area (Å²) < 4.78 is 0. The highest BCUT2D eigenvalue weighted by Crippen LogP contribution is 2.26. The molecule has 1 saturated carbocycles. The highest BCUT2D eigenvalue weighted by molar-refractivity contribution is 5.95. The Labute approximate surface area is 90.1 Å². The lowest BCUT2D eigenvalue weighted by molar-refractivity contribution is 0.0785. The van der Waals surface area contributed by atoms with Gasteiger partial charge < -0.3 is 10.2 Å². The van der Waals surface area contributed by atoms with E-state index in [9.17, 15) is 4.79 Å². The molecule has 2 rings (SSSR count). The summed E-state index contributed by atoms with van der Waals surface area (Å²) in [7, 11) is 3.74. The minimum absolute atomic E-state index is 0.120. The predicted octanol–water partition coefficient (Wildman–Crippen LogP) is 1.96. The maximum absolute atomic E-state index is 12.0. The van der Waals surface area contributed by atoms with Crippen molar-refractivity contribution in [3.05, 3.63) is 29.8 Å². The molecule has 0 heterocycles. The molecule has 0 radical (unpaired) electrons. The molecule has 1 aliphatic rings. The van der Waals surface area contributed by atoms with Gasteiger partial charge in [-0.1, -0.05) is 6.07 Å². The maximum Gasteiger partial charge on any atom is 0.253 e. The van der Waals surface area contributed by atoms with E-state index >= 15 is 0 Å². The molecular formula is C12H16N2O. The van der Waals surface area contributed by atoms with Crippen LogP contribution in [0.4, 0.5) is 5.69 Å². The largest absolute Gasteiger partial charge is 0.388 e. The van der Waals surface area contributed by atoms with E-state index in [1.165, 1.54) is 0 Å². The van der Waals surface area contributed by atoms with Crippen LogP contribution in [0.25, 0.3) is 0 Å². The molecule has 0 aliphatic heterocycles. The molecule has 0 aromatic heterocycles. The van der Waals surface area contributed by atoms with Gasteiger partial charge in [-0.25, -0.2) is 0 Å². The molecule has 0 unspecified atom stereocenters. The Bertz CT molecular complexity index is 372. The maximum atomic E-state index is 12.0. The average molecular weight is 204 g/mol. The molecule has 1 amide bonds. The fraction of sp³-hybridized carbons (Fsp3) is 0.417. The van der Waals surface area contributed by atoms with Crippen LogP contribution in [0.15, 0.2) is 24.3 Å². The number of nitrogens with one attached hydrogen (secondary N) is 1. The molecule has 80 valence electrons. The number of nitrogens with zero attached hydrogens (tertiary/aromatic N) is 1. The first-order valence-electron chi connectivity index (χ1n) is 5.27. The molecule has 1 N–H and O–H groups in total. The zero-order chi connectivity index (χ0) is 10.8. The van der Waals surface area contributed by atoms with Gasteiger partial charge in [0, 0.05) is 31.4 Å². The lowest BCUT2D eigenvalue weighted by Gasteiger charge is -2.16. The third-order valence-electron chi connectivity index (χ3n) is 2.81. The molecule has 0 atom stereocenters. The third-order valence-corrected chi connectivity index (χ3v) is 2.81. The number of carbonyl (C=O) groups excluding carboxylic acids is 1. The summed E-state index contributed by atoms with van der Waals surface area (Å²) in [6, 6.07) is 8.08. The van der Waals surface area contributed by atoms with Crippen molar-refractivity contribution in [3.8, 4) is 0 Å². The second-order valence-electron chi connectivity index (χ2n) is 3.98. The molecule has 0 bridgehead atoms. The normalized spacial score (nSPS) is 14.8. The van der Waals surface area contributed by atoms with Crippen LogP contribution >= 0.6 is 0 Å². The van der Waals surface area contributed by atoms with E-state index in [2.05, 4.69) is 5.32 Å². The van der Waals surface area contributed by atoms with Crippen LogP contribution in [0.5, 0.6) is 0 Å². The van der Waals surface area contributed by atoms with Crippen LogP contribution in [-0.4, -0.2) is 30.9 Å². The first-order valence-corrected chi connectivity index (χ1v) is 5.27. The van der Waals surface area contributed by atoms with Crippen LogP contribution in [0, 0.1) is 0 Å². The van der Waals surface area contributed by atoms with Crippen molar-refractivity contribution in [3.63, 3.8) is 0 Å². The van der Waals surface area contributed by atoms with Gasteiger partial charge in [-0.2, -0.15) is 0 Å². The fourth-order valence-corrected chi connectivity index (χ4v) is 1.64. The summed E-state index contributed by atoms with van der Waals surface area (Å²) >= 11 is 0. The lowest BCUT2D eigenvalue weighted by Crippen LogP contribution is -2.28. The van der Waals surface area contributed by atoms with Gasteiger partial charge in [0.1, 0.15) is 0 Å². The number of amides is 1. The number of rotatable bonds is 3. The predicted molar refractivity (Wildman–Crippen MR) is 61.1 cm³/mol. The number of anilines is 1. The minimum Gasteiger partial charge on any atom is -0.388 e. The highest BCUT2D eigenvalue weighted by Gasteiger charge is 2.29. The van der Waals surface area contributed by atoms with Crippen molar-refractivity contribution in [2.75, 3.05) is 19.4 Å². The van der Waals surface area contributed by atoms with Crippen molar-refractivity contribution in [1.82, 2.24) is 4.90 Å². The first kappa shape index (κ1) is 10.0. The molecule has 1 aromatic carbocycles. The van der Waals surface area contributed by atoms with Gasteiger partial charge in [-0.05, 0) is 31.0 Å². The van der Waals surface area contributed by atoms with E-state index < -0.39 is 0 Å². The Balaban J connectivity index is 2.16. The number of hydrogen-bond acceptors (Lipinski definition) is 2. The van der Waals surface area contributed by atoms with E-state index in [1.807, 2.05) is 43.3 Å². The summed E-state index contributed by atoms with van der Waals surface area (Å²) in [5, 5.41) is 3.04. The first-order chi connectivity index (χ1) is 7.22. The van der Waals surface area contributed by atoms with Gasteiger partial charge in [0.2, 0.25) is 0 Å². The Morgan fingerprint density at radius 1 is 1.47 bits per heavy atom. The fourth-order valence-electron chi connectivity index (χ4n) is 1.64. The Morgan fingerprint density at radius 3 is 2.80 bits per heavy atom. The van der Waals surface area contributed by atoms with E-state index in [-0.39, 0.29) is 5.91 Å². The van der Waals surface area contributed by atoms with E-state index in [1.54, 1.807) is 0 Å². The van der Waals surface area contributed by atoms with Crippen molar-refractivity contribution < 1.29 is 4.79 Å². The van der Waals surface area contributed by atoms with Gasteiger partial charge in [0.25, 0.3) is 5.91 Å². The summed E-state index contributed by atoms with van der Waals surface area (Å²) in [5.41, 5.74) is 1.74. The lowest BCUT2D eigenvalue weighted by atomic mass is 10.2. The third kappa shape index (κ3) is 2.12. The molecule has 1 fully saturated rings. The minimum atomic E-state index is 0.120. The van der Waals surface area contributed by atoms with Gasteiger partial charge in [0.05, 0.1) is 0 Å². The summed E-state index contributed by atoms with van der Waals surface area (Å²) in [5.74, 6) is 0.120. The van der Waals surface area contributed by atoms with E-state index in [0.717, 1.165) is 24.1 Å². The molecular weight excluding hydrogens is 188 g/mol. The van der Waals surface area contributed by atoms with Crippen LogP contribution in [0.3, 0.4) is 0 Å². The van der Waals surface area contributed by atoms with Crippen LogP contribution in [0.2, 0.25) is 0 Å². The molecule has 15 heavy (non-hydrogen) atoms. The summed E-state index contributed by atoms with van der Waals surface area (Å²) in [6.07, 6.45) is 2.29. The monoisotopic (exact) mass is 204 g/mol. The zero-order valence-electron chi connectivity index (χ0n) is 9.16.